The Balaban J connectivity index is 2.20. The van der Waals surface area contributed by atoms with Crippen molar-refractivity contribution in [3.8, 4) is 0 Å². The van der Waals surface area contributed by atoms with E-state index in [1.54, 1.807) is 84.5 Å². The normalized spacial score (nSPS) is 12.2. The van der Waals surface area contributed by atoms with Gasteiger partial charge < -0.3 is 10.1 Å². The van der Waals surface area contributed by atoms with Gasteiger partial charge in [-0.15, -0.1) is 0 Å². The van der Waals surface area contributed by atoms with Gasteiger partial charge in [0.2, 0.25) is 0 Å². The fourth-order valence-corrected chi connectivity index (χ4v) is 5.15. The van der Waals surface area contributed by atoms with E-state index in [9.17, 15) is 18.6 Å². The molecule has 41 heavy (non-hydrogen) atoms. The maximum absolute atomic E-state index is 13.8. The number of carbonyl (C=O) groups is 1. The van der Waals surface area contributed by atoms with Crippen LogP contribution in [0.1, 0.15) is 29.2 Å². The van der Waals surface area contributed by atoms with E-state index in [0.717, 1.165) is 11.1 Å². The quantitative estimate of drug-likeness (QED) is 0.0533. The Morgan fingerprint density at radius 1 is 0.805 bits per heavy atom. The summed E-state index contributed by atoms with van der Waals surface area (Å²) >= 11 is 0. The average molecular weight is 564 g/mol. The van der Waals surface area contributed by atoms with Crippen LogP contribution in [-0.2, 0) is 19.6 Å². The van der Waals surface area contributed by atoms with E-state index in [2.05, 4.69) is 4.40 Å². The van der Waals surface area contributed by atoms with Crippen molar-refractivity contribution < 1.29 is 22.5 Å². The van der Waals surface area contributed by atoms with Gasteiger partial charge in [-0.05, 0) is 61.7 Å². The molecule has 0 bridgehead atoms. The van der Waals surface area contributed by atoms with E-state index in [1.165, 1.54) is 12.1 Å². The zero-order valence-electron chi connectivity index (χ0n) is 23.0. The number of benzene rings is 3. The van der Waals surface area contributed by atoms with Crippen LogP contribution in [0, 0.1) is 13.8 Å². The van der Waals surface area contributed by atoms with Gasteiger partial charge in [-0.25, -0.2) is 9.36 Å². The minimum absolute atomic E-state index is 0.00711. The molecule has 8 heteroatoms. The number of nitrogens with zero attached hydrogens (tertiary/aromatic N) is 3. The Bertz CT molecular complexity index is 1750. The van der Waals surface area contributed by atoms with Gasteiger partial charge in [-0.2, -0.15) is 8.42 Å². The molecule has 0 N–H and O–H groups in total. The monoisotopic (exact) mass is 563 g/mol. The number of aryl methyl sites for hydroxylation is 2. The zero-order valence-corrected chi connectivity index (χ0v) is 23.8. The second kappa shape index (κ2) is 13.0. The van der Waals surface area contributed by atoms with Crippen molar-refractivity contribution in [2.45, 2.75) is 25.7 Å². The lowest BCUT2D eigenvalue weighted by molar-refractivity contribution is -0.552. The summed E-state index contributed by atoms with van der Waals surface area (Å²) in [7, 11) is -4.24. The summed E-state index contributed by atoms with van der Waals surface area (Å²) in [6.45, 7) is 5.49. The summed E-state index contributed by atoms with van der Waals surface area (Å²) in [6, 6.07) is 27.9. The minimum Gasteiger partial charge on any atom is -0.763 e. The molecule has 1 aromatic heterocycles. The van der Waals surface area contributed by atoms with Crippen molar-refractivity contribution in [3.05, 3.63) is 143 Å². The number of pyridine rings is 1. The molecule has 0 saturated carbocycles. The molecule has 0 saturated heterocycles. The molecule has 3 aromatic carbocycles. The molecule has 0 fully saturated rings. The van der Waals surface area contributed by atoms with Crippen LogP contribution in [0.4, 0.5) is 0 Å². The van der Waals surface area contributed by atoms with Crippen LogP contribution in [0.15, 0.2) is 124 Å². The number of rotatable bonds is 8. The lowest BCUT2D eigenvalue weighted by Gasteiger charge is -2.17. The molecular weight excluding hydrogens is 534 g/mol. The second-order valence-corrected chi connectivity index (χ2v) is 10.8. The topological polar surface area (TPSA) is 99.0 Å². The number of hydrogen-bond acceptors (Lipinski definition) is 4. The molecule has 0 amide bonds. The first-order valence-corrected chi connectivity index (χ1v) is 14.4. The molecule has 0 aliphatic heterocycles. The van der Waals surface area contributed by atoms with Gasteiger partial charge in [0.1, 0.15) is 4.90 Å². The Labute approximate surface area is 240 Å². The van der Waals surface area contributed by atoms with E-state index in [-0.39, 0.29) is 34.1 Å². The molecule has 7 nitrogen and oxygen atoms in total. The lowest BCUT2D eigenvalue weighted by atomic mass is 9.89. The fourth-order valence-electron chi connectivity index (χ4n) is 4.16. The number of esters is 1. The van der Waals surface area contributed by atoms with E-state index >= 15 is 0 Å². The summed E-state index contributed by atoms with van der Waals surface area (Å²) in [5, 5.41) is 10.3. The van der Waals surface area contributed by atoms with Crippen LogP contribution < -0.4 is 4.57 Å². The summed E-state index contributed by atoms with van der Waals surface area (Å²) in [5.41, 5.74) is 3.12. The maximum Gasteiger partial charge on any atom is 0.370 e. The molecule has 0 radical (unpaired) electrons. The largest absolute Gasteiger partial charge is 0.763 e. The van der Waals surface area contributed by atoms with Crippen LogP contribution in [0.3, 0.4) is 0 Å². The third kappa shape index (κ3) is 6.81. The van der Waals surface area contributed by atoms with Gasteiger partial charge in [-0.1, -0.05) is 78.4 Å². The number of allylic oxidation sites excluding steroid dienone is 1. The van der Waals surface area contributed by atoms with Crippen molar-refractivity contribution in [2.24, 2.45) is 4.40 Å². The number of ether oxygens (including phenoxy) is 1. The standard InChI is InChI=1S/C33H29N3O4S/c1-4-40-33(37)29(23-34)30(26-11-7-5-8-12-26)31(27-13-9-6-10-14-27)32(36-21-19-25(3)20-22-36)35-41(38,39)28-17-15-24(2)16-18-28/h5-22H,4H2,1-3H3/b31-30-,35-32?. The summed E-state index contributed by atoms with van der Waals surface area (Å²) in [4.78, 5) is 13.2. The fraction of sp³-hybridized carbons (Fsp3) is 0.121. The number of hydrogen-bond donors (Lipinski definition) is 0. The highest BCUT2D eigenvalue weighted by Gasteiger charge is 2.33. The van der Waals surface area contributed by atoms with Gasteiger partial charge in [-0.3, -0.25) is 5.87 Å². The molecule has 206 valence electrons. The van der Waals surface area contributed by atoms with Crippen molar-refractivity contribution in [1.29, 1.82) is 0 Å². The molecule has 0 spiro atoms. The first-order valence-electron chi connectivity index (χ1n) is 12.9. The third-order valence-electron chi connectivity index (χ3n) is 6.21. The van der Waals surface area contributed by atoms with Gasteiger partial charge in [0.05, 0.1) is 34.5 Å². The summed E-state index contributed by atoms with van der Waals surface area (Å²) < 4.78 is 38.8. The molecule has 4 aromatic rings. The Morgan fingerprint density at radius 3 is 1.83 bits per heavy atom. The SMILES string of the molecule is CCOC(=O)C(=C=[N-])/C(=C(\C(=NS(=O)(=O)c1ccc(C)cc1)[n+]1ccc(C)cc1)c1ccccc1)c1ccccc1. The van der Waals surface area contributed by atoms with Crippen LogP contribution >= 0.6 is 0 Å². The maximum atomic E-state index is 13.8. The van der Waals surface area contributed by atoms with Gasteiger partial charge in [0.15, 0.2) is 0 Å². The van der Waals surface area contributed by atoms with Crippen molar-refractivity contribution >= 4 is 38.8 Å². The molecule has 0 aliphatic carbocycles. The van der Waals surface area contributed by atoms with E-state index in [0.29, 0.717) is 11.1 Å². The highest BCUT2D eigenvalue weighted by Crippen LogP contribution is 2.33. The summed E-state index contributed by atoms with van der Waals surface area (Å²) in [6.07, 6.45) is 3.39. The average Bonchev–Trinajstić information content (AvgIpc) is 2.98. The van der Waals surface area contributed by atoms with Crippen LogP contribution in [-0.4, -0.2) is 32.7 Å². The molecule has 0 atom stereocenters. The Hall–Kier alpha value is -4.91. The Morgan fingerprint density at radius 2 is 1.32 bits per heavy atom. The highest BCUT2D eigenvalue weighted by molar-refractivity contribution is 7.90. The number of sulfonamides is 1. The predicted octanol–water partition coefficient (Wildman–Crippen LogP) is 5.57. The predicted molar refractivity (Wildman–Crippen MR) is 161 cm³/mol. The highest BCUT2D eigenvalue weighted by atomic mass is 32.2. The van der Waals surface area contributed by atoms with Crippen molar-refractivity contribution in [2.75, 3.05) is 6.61 Å². The molecule has 0 unspecified atom stereocenters. The van der Waals surface area contributed by atoms with Crippen LogP contribution in [0.25, 0.3) is 16.6 Å². The minimum atomic E-state index is -4.24. The number of carbonyl (C=O) groups excluding carboxylic acids is 1. The first kappa shape index (κ1) is 29.1. The van der Waals surface area contributed by atoms with E-state index < -0.39 is 16.0 Å². The molecular formula is C33H29N3O4S. The van der Waals surface area contributed by atoms with E-state index in [1.807, 2.05) is 44.0 Å². The van der Waals surface area contributed by atoms with Gasteiger partial charge >= 0.3 is 21.8 Å². The van der Waals surface area contributed by atoms with Crippen molar-refractivity contribution in [3.63, 3.8) is 0 Å². The summed E-state index contributed by atoms with van der Waals surface area (Å²) in [5.74, 6) is 1.21. The zero-order chi connectivity index (χ0) is 29.4. The molecule has 4 rings (SSSR count). The first-order chi connectivity index (χ1) is 19.7. The van der Waals surface area contributed by atoms with Gasteiger partial charge in [0, 0.05) is 5.57 Å². The molecule has 0 aliphatic rings. The lowest BCUT2D eigenvalue weighted by Crippen LogP contribution is -2.44. The number of aromatic nitrogens is 1. The second-order valence-electron chi connectivity index (χ2n) is 9.18. The van der Waals surface area contributed by atoms with Crippen LogP contribution in [0.5, 0.6) is 0 Å². The molecule has 1 heterocycles. The van der Waals surface area contributed by atoms with Crippen LogP contribution in [0.2, 0.25) is 0 Å². The smallest absolute Gasteiger partial charge is 0.370 e. The Kier molecular flexibility index (Phi) is 9.19. The third-order valence-corrected chi connectivity index (χ3v) is 7.49. The van der Waals surface area contributed by atoms with E-state index in [4.69, 9.17) is 4.74 Å². The van der Waals surface area contributed by atoms with Gasteiger partial charge in [0.25, 0.3) is 0 Å². The van der Waals surface area contributed by atoms with Crippen molar-refractivity contribution in [1.82, 2.24) is 0 Å².